The standard InChI is InChI=1S/C12H18O3S/c1-12(2,8-13)16-11-6-5-9(14-3)7-10(11)15-4/h5-7,13H,8H2,1-4H3. The molecule has 1 N–H and O–H groups in total. The lowest BCUT2D eigenvalue weighted by Crippen LogP contribution is -2.19. The van der Waals surface area contributed by atoms with E-state index in [1.807, 2.05) is 32.0 Å². The summed E-state index contributed by atoms with van der Waals surface area (Å²) in [5.74, 6) is 1.54. The molecule has 0 fully saturated rings. The molecule has 1 aromatic carbocycles. The molecule has 0 aromatic heterocycles. The van der Waals surface area contributed by atoms with Gasteiger partial charge < -0.3 is 14.6 Å². The molecule has 1 aromatic rings. The molecule has 0 atom stereocenters. The van der Waals surface area contributed by atoms with Gasteiger partial charge >= 0.3 is 0 Å². The second kappa shape index (κ2) is 5.46. The summed E-state index contributed by atoms with van der Waals surface area (Å²) in [6.45, 7) is 4.09. The van der Waals surface area contributed by atoms with Crippen LogP contribution in [0.2, 0.25) is 0 Å². The zero-order valence-corrected chi connectivity index (χ0v) is 10.9. The van der Waals surface area contributed by atoms with Crippen LogP contribution in [0.3, 0.4) is 0 Å². The molecule has 16 heavy (non-hydrogen) atoms. The molecule has 0 amide bonds. The first-order chi connectivity index (χ1) is 7.52. The van der Waals surface area contributed by atoms with Crippen LogP contribution in [0.25, 0.3) is 0 Å². The van der Waals surface area contributed by atoms with Gasteiger partial charge in [-0.2, -0.15) is 0 Å². The van der Waals surface area contributed by atoms with Crippen molar-refractivity contribution < 1.29 is 14.6 Å². The number of rotatable bonds is 5. The maximum atomic E-state index is 9.23. The Kier molecular flexibility index (Phi) is 4.50. The maximum absolute atomic E-state index is 9.23. The van der Waals surface area contributed by atoms with Crippen molar-refractivity contribution in [3.63, 3.8) is 0 Å². The van der Waals surface area contributed by atoms with E-state index in [1.54, 1.807) is 26.0 Å². The zero-order chi connectivity index (χ0) is 12.2. The van der Waals surface area contributed by atoms with Crippen LogP contribution in [0.15, 0.2) is 23.1 Å². The van der Waals surface area contributed by atoms with Crippen LogP contribution in [0.1, 0.15) is 13.8 Å². The van der Waals surface area contributed by atoms with Crippen LogP contribution in [-0.4, -0.2) is 30.7 Å². The average molecular weight is 242 g/mol. The second-order valence-corrected chi connectivity index (χ2v) is 5.79. The molecular weight excluding hydrogens is 224 g/mol. The molecule has 0 aliphatic carbocycles. The van der Waals surface area contributed by atoms with E-state index in [2.05, 4.69) is 0 Å². The summed E-state index contributed by atoms with van der Waals surface area (Å²) < 4.78 is 10.2. The van der Waals surface area contributed by atoms with Gasteiger partial charge in [0.05, 0.1) is 25.7 Å². The van der Waals surface area contributed by atoms with E-state index in [9.17, 15) is 5.11 Å². The Balaban J connectivity index is 2.96. The number of thioether (sulfide) groups is 1. The van der Waals surface area contributed by atoms with Gasteiger partial charge in [0.25, 0.3) is 0 Å². The minimum absolute atomic E-state index is 0.118. The molecule has 1 rings (SSSR count). The summed E-state index contributed by atoms with van der Waals surface area (Å²) in [5, 5.41) is 9.23. The third kappa shape index (κ3) is 3.32. The summed E-state index contributed by atoms with van der Waals surface area (Å²) in [4.78, 5) is 1.00. The van der Waals surface area contributed by atoms with Gasteiger partial charge in [0, 0.05) is 10.8 Å². The number of hydrogen-bond acceptors (Lipinski definition) is 4. The predicted molar refractivity (Wildman–Crippen MR) is 66.6 cm³/mol. The summed E-state index contributed by atoms with van der Waals surface area (Å²) in [6, 6.07) is 5.67. The molecule has 0 saturated carbocycles. The zero-order valence-electron chi connectivity index (χ0n) is 10.1. The molecule has 0 aliphatic heterocycles. The van der Waals surface area contributed by atoms with Crippen molar-refractivity contribution in [3.05, 3.63) is 18.2 Å². The minimum atomic E-state index is -0.220. The molecule has 0 spiro atoms. The quantitative estimate of drug-likeness (QED) is 0.805. The van der Waals surface area contributed by atoms with Crippen LogP contribution in [-0.2, 0) is 0 Å². The summed E-state index contributed by atoms with van der Waals surface area (Å²) in [5.41, 5.74) is 0. The van der Waals surface area contributed by atoms with Crippen LogP contribution in [0, 0.1) is 0 Å². The fourth-order valence-electron chi connectivity index (χ4n) is 1.19. The Labute approximate surface area is 101 Å². The Morgan fingerprint density at radius 2 is 1.94 bits per heavy atom. The van der Waals surface area contributed by atoms with Crippen molar-refractivity contribution in [2.45, 2.75) is 23.5 Å². The van der Waals surface area contributed by atoms with Gasteiger partial charge in [-0.25, -0.2) is 0 Å². The van der Waals surface area contributed by atoms with E-state index < -0.39 is 0 Å². The number of ether oxygens (including phenoxy) is 2. The van der Waals surface area contributed by atoms with E-state index in [0.29, 0.717) is 0 Å². The molecule has 0 unspecified atom stereocenters. The van der Waals surface area contributed by atoms with Crippen molar-refractivity contribution in [3.8, 4) is 11.5 Å². The van der Waals surface area contributed by atoms with E-state index in [0.717, 1.165) is 16.4 Å². The highest BCUT2D eigenvalue weighted by atomic mass is 32.2. The van der Waals surface area contributed by atoms with Gasteiger partial charge in [-0.15, -0.1) is 11.8 Å². The fourth-order valence-corrected chi connectivity index (χ4v) is 2.23. The van der Waals surface area contributed by atoms with E-state index in [-0.39, 0.29) is 11.4 Å². The Morgan fingerprint density at radius 3 is 2.44 bits per heavy atom. The Hall–Kier alpha value is -0.870. The fraction of sp³-hybridized carbons (Fsp3) is 0.500. The van der Waals surface area contributed by atoms with Gasteiger partial charge in [0.1, 0.15) is 11.5 Å². The second-order valence-electron chi connectivity index (χ2n) is 4.04. The van der Waals surface area contributed by atoms with Gasteiger partial charge in [0.2, 0.25) is 0 Å². The van der Waals surface area contributed by atoms with E-state index >= 15 is 0 Å². The molecule has 0 bridgehead atoms. The maximum Gasteiger partial charge on any atom is 0.136 e. The Morgan fingerprint density at radius 1 is 1.25 bits per heavy atom. The average Bonchev–Trinajstić information content (AvgIpc) is 2.29. The number of hydrogen-bond donors (Lipinski definition) is 1. The van der Waals surface area contributed by atoms with Crippen LogP contribution in [0.5, 0.6) is 11.5 Å². The molecule has 0 aliphatic rings. The molecule has 0 radical (unpaired) electrons. The van der Waals surface area contributed by atoms with E-state index in [4.69, 9.17) is 9.47 Å². The first-order valence-electron chi connectivity index (χ1n) is 5.04. The highest BCUT2D eigenvalue weighted by Gasteiger charge is 2.20. The van der Waals surface area contributed by atoms with Crippen molar-refractivity contribution in [1.82, 2.24) is 0 Å². The molecule has 0 heterocycles. The largest absolute Gasteiger partial charge is 0.497 e. The normalized spacial score (nSPS) is 11.3. The van der Waals surface area contributed by atoms with Crippen LogP contribution in [0.4, 0.5) is 0 Å². The third-order valence-electron chi connectivity index (χ3n) is 2.14. The number of benzene rings is 1. The first kappa shape index (κ1) is 13.2. The smallest absolute Gasteiger partial charge is 0.136 e. The summed E-state index contributed by atoms with van der Waals surface area (Å²) in [6.07, 6.45) is 0. The summed E-state index contributed by atoms with van der Waals surface area (Å²) in [7, 11) is 3.25. The van der Waals surface area contributed by atoms with Crippen molar-refractivity contribution in [2.24, 2.45) is 0 Å². The first-order valence-corrected chi connectivity index (χ1v) is 5.86. The van der Waals surface area contributed by atoms with Crippen LogP contribution >= 0.6 is 11.8 Å². The van der Waals surface area contributed by atoms with E-state index in [1.165, 1.54) is 0 Å². The van der Waals surface area contributed by atoms with Gasteiger partial charge in [-0.05, 0) is 26.0 Å². The SMILES string of the molecule is COc1ccc(SC(C)(C)CO)c(OC)c1. The lowest BCUT2D eigenvalue weighted by molar-refractivity contribution is 0.265. The highest BCUT2D eigenvalue weighted by molar-refractivity contribution is 8.00. The third-order valence-corrected chi connectivity index (χ3v) is 3.38. The van der Waals surface area contributed by atoms with Crippen molar-refractivity contribution in [2.75, 3.05) is 20.8 Å². The van der Waals surface area contributed by atoms with Gasteiger partial charge in [-0.1, -0.05) is 0 Å². The number of aliphatic hydroxyl groups is 1. The summed E-state index contributed by atoms with van der Waals surface area (Å²) >= 11 is 1.59. The lowest BCUT2D eigenvalue weighted by atomic mass is 10.2. The predicted octanol–water partition coefficient (Wildman–Crippen LogP) is 2.57. The molecular formula is C12H18O3S. The van der Waals surface area contributed by atoms with Gasteiger partial charge in [-0.3, -0.25) is 0 Å². The molecule has 0 saturated heterocycles. The molecule has 90 valence electrons. The Bertz CT molecular complexity index is 350. The topological polar surface area (TPSA) is 38.7 Å². The number of aliphatic hydroxyl groups excluding tert-OH is 1. The highest BCUT2D eigenvalue weighted by Crippen LogP contribution is 2.39. The molecule has 3 nitrogen and oxygen atoms in total. The number of methoxy groups -OCH3 is 2. The van der Waals surface area contributed by atoms with Crippen molar-refractivity contribution in [1.29, 1.82) is 0 Å². The lowest BCUT2D eigenvalue weighted by Gasteiger charge is -2.22. The monoisotopic (exact) mass is 242 g/mol. The molecule has 4 heteroatoms. The van der Waals surface area contributed by atoms with Crippen molar-refractivity contribution >= 4 is 11.8 Å². The van der Waals surface area contributed by atoms with Gasteiger partial charge in [0.15, 0.2) is 0 Å². The minimum Gasteiger partial charge on any atom is -0.497 e. The van der Waals surface area contributed by atoms with Crippen LogP contribution < -0.4 is 9.47 Å².